The molecule has 0 saturated heterocycles. The van der Waals surface area contributed by atoms with Crippen molar-refractivity contribution < 1.29 is 18.0 Å². The summed E-state index contributed by atoms with van der Waals surface area (Å²) in [6.07, 6.45) is 0.879. The van der Waals surface area contributed by atoms with Gasteiger partial charge in [-0.25, -0.2) is 9.97 Å². The van der Waals surface area contributed by atoms with E-state index in [1.807, 2.05) is 0 Å². The molecule has 1 N–H and O–H groups in total. The zero-order valence-electron chi connectivity index (χ0n) is 14.3. The van der Waals surface area contributed by atoms with Crippen molar-refractivity contribution in [1.29, 1.82) is 0 Å². The lowest BCUT2D eigenvalue weighted by atomic mass is 9.92. The summed E-state index contributed by atoms with van der Waals surface area (Å²) < 4.78 is 42.1. The van der Waals surface area contributed by atoms with Crippen LogP contribution in [0.4, 0.5) is 18.9 Å². The van der Waals surface area contributed by atoms with Gasteiger partial charge in [-0.2, -0.15) is 13.2 Å². The lowest BCUT2D eigenvalue weighted by molar-refractivity contribution is -0.137. The zero-order valence-corrected chi connectivity index (χ0v) is 14.3. The van der Waals surface area contributed by atoms with Gasteiger partial charge in [0.2, 0.25) is 5.91 Å². The van der Waals surface area contributed by atoms with E-state index in [0.717, 1.165) is 0 Å². The number of hydrogen-bond donors (Lipinski definition) is 1. The molecule has 0 aliphatic heterocycles. The quantitative estimate of drug-likeness (QED) is 0.749. The number of hydrogen-bond acceptors (Lipinski definition) is 4. The second-order valence-corrected chi connectivity index (χ2v) is 5.83. The van der Waals surface area contributed by atoms with Gasteiger partial charge in [0.05, 0.1) is 11.3 Å². The molecule has 1 aromatic carbocycles. The molecule has 2 heterocycles. The SMILES string of the molecule is CC(=O)Nc1ccc(-c2ccccn2)c(C(F)(F)F)c1Cc1cncnc1. The third-order valence-electron chi connectivity index (χ3n) is 3.84. The Morgan fingerprint density at radius 3 is 2.44 bits per heavy atom. The summed E-state index contributed by atoms with van der Waals surface area (Å²) in [5.74, 6) is -0.459. The van der Waals surface area contributed by atoms with Crippen LogP contribution in [-0.2, 0) is 17.4 Å². The molecule has 138 valence electrons. The summed E-state index contributed by atoms with van der Waals surface area (Å²) in [7, 11) is 0. The minimum Gasteiger partial charge on any atom is -0.326 e. The summed E-state index contributed by atoms with van der Waals surface area (Å²) in [5, 5.41) is 2.48. The molecule has 0 unspecified atom stereocenters. The van der Waals surface area contributed by atoms with Crippen LogP contribution in [0, 0.1) is 0 Å². The number of anilines is 1. The van der Waals surface area contributed by atoms with Gasteiger partial charge in [0.25, 0.3) is 0 Å². The Hall–Kier alpha value is -3.29. The molecule has 0 saturated carbocycles. The van der Waals surface area contributed by atoms with Crippen LogP contribution in [0.2, 0.25) is 0 Å². The molecule has 5 nitrogen and oxygen atoms in total. The van der Waals surface area contributed by atoms with E-state index in [1.165, 1.54) is 50.0 Å². The van der Waals surface area contributed by atoms with Gasteiger partial charge in [-0.15, -0.1) is 0 Å². The largest absolute Gasteiger partial charge is 0.417 e. The average Bonchev–Trinajstić information content (AvgIpc) is 2.63. The molecule has 27 heavy (non-hydrogen) atoms. The van der Waals surface area contributed by atoms with E-state index >= 15 is 0 Å². The molecule has 0 radical (unpaired) electrons. The number of alkyl halides is 3. The number of pyridine rings is 1. The number of benzene rings is 1. The minimum atomic E-state index is -4.65. The Kier molecular flexibility index (Phi) is 5.16. The summed E-state index contributed by atoms with van der Waals surface area (Å²) in [5.41, 5.74) is -0.160. The van der Waals surface area contributed by atoms with Crippen LogP contribution in [0.1, 0.15) is 23.6 Å². The fourth-order valence-electron chi connectivity index (χ4n) is 2.82. The van der Waals surface area contributed by atoms with Crippen molar-refractivity contribution in [3.63, 3.8) is 0 Å². The van der Waals surface area contributed by atoms with Crippen molar-refractivity contribution in [2.24, 2.45) is 0 Å². The van der Waals surface area contributed by atoms with Crippen molar-refractivity contribution in [1.82, 2.24) is 15.0 Å². The molecule has 2 aromatic heterocycles. The van der Waals surface area contributed by atoms with Crippen LogP contribution in [-0.4, -0.2) is 20.9 Å². The van der Waals surface area contributed by atoms with Crippen molar-refractivity contribution >= 4 is 11.6 Å². The lowest BCUT2D eigenvalue weighted by Gasteiger charge is -2.21. The summed E-state index contributed by atoms with van der Waals surface area (Å²) in [4.78, 5) is 23.3. The van der Waals surface area contributed by atoms with Gasteiger partial charge >= 0.3 is 6.18 Å². The topological polar surface area (TPSA) is 67.8 Å². The Balaban J connectivity index is 2.26. The van der Waals surface area contributed by atoms with E-state index < -0.39 is 17.6 Å². The maximum Gasteiger partial charge on any atom is 0.417 e. The number of amides is 1. The summed E-state index contributed by atoms with van der Waals surface area (Å²) in [6, 6.07) is 7.54. The van der Waals surface area contributed by atoms with Gasteiger partial charge in [-0.1, -0.05) is 12.1 Å². The van der Waals surface area contributed by atoms with Gasteiger partial charge in [0, 0.05) is 43.2 Å². The van der Waals surface area contributed by atoms with Crippen molar-refractivity contribution in [3.8, 4) is 11.3 Å². The zero-order chi connectivity index (χ0) is 19.4. The maximum atomic E-state index is 14.0. The highest BCUT2D eigenvalue weighted by Gasteiger charge is 2.38. The molecule has 0 spiro atoms. The summed E-state index contributed by atoms with van der Waals surface area (Å²) in [6.45, 7) is 1.25. The molecular weight excluding hydrogens is 357 g/mol. The molecule has 1 amide bonds. The maximum absolute atomic E-state index is 14.0. The van der Waals surface area contributed by atoms with Gasteiger partial charge in [0.1, 0.15) is 6.33 Å². The number of carbonyl (C=O) groups is 1. The standard InChI is InChI=1S/C19H15F3N4O/c1-12(27)26-17-6-5-14(16-4-2-3-7-25-16)18(19(20,21)22)15(17)8-13-9-23-11-24-10-13/h2-7,9-11H,8H2,1H3,(H,26,27). The van der Waals surface area contributed by atoms with Crippen molar-refractivity contribution in [2.45, 2.75) is 19.5 Å². The van der Waals surface area contributed by atoms with E-state index in [9.17, 15) is 18.0 Å². The highest BCUT2D eigenvalue weighted by molar-refractivity contribution is 5.91. The normalized spacial score (nSPS) is 11.3. The Labute approximate surface area is 153 Å². The predicted molar refractivity (Wildman–Crippen MR) is 93.8 cm³/mol. The van der Waals surface area contributed by atoms with Crippen LogP contribution in [0.5, 0.6) is 0 Å². The molecule has 0 fully saturated rings. The van der Waals surface area contributed by atoms with E-state index in [4.69, 9.17) is 0 Å². The van der Waals surface area contributed by atoms with Crippen LogP contribution in [0.15, 0.2) is 55.2 Å². The van der Waals surface area contributed by atoms with E-state index in [2.05, 4.69) is 20.3 Å². The van der Waals surface area contributed by atoms with Crippen LogP contribution < -0.4 is 5.32 Å². The molecule has 0 aliphatic carbocycles. The number of halogens is 3. The Morgan fingerprint density at radius 1 is 1.11 bits per heavy atom. The average molecular weight is 372 g/mol. The van der Waals surface area contributed by atoms with Gasteiger partial charge in [0.15, 0.2) is 0 Å². The van der Waals surface area contributed by atoms with Crippen molar-refractivity contribution in [2.75, 3.05) is 5.32 Å². The number of rotatable bonds is 4. The molecule has 0 atom stereocenters. The first-order chi connectivity index (χ1) is 12.9. The third kappa shape index (κ3) is 4.28. The third-order valence-corrected chi connectivity index (χ3v) is 3.84. The van der Waals surface area contributed by atoms with E-state index in [0.29, 0.717) is 5.56 Å². The number of nitrogens with one attached hydrogen (secondary N) is 1. The molecule has 8 heteroatoms. The molecule has 0 bridgehead atoms. The van der Waals surface area contributed by atoms with E-state index in [1.54, 1.807) is 12.1 Å². The van der Waals surface area contributed by atoms with E-state index in [-0.39, 0.29) is 28.9 Å². The molecule has 3 rings (SSSR count). The molecular formula is C19H15F3N4O. The monoisotopic (exact) mass is 372 g/mol. The fourth-order valence-corrected chi connectivity index (χ4v) is 2.82. The molecule has 3 aromatic rings. The first-order valence-electron chi connectivity index (χ1n) is 8.02. The van der Waals surface area contributed by atoms with Gasteiger partial charge < -0.3 is 5.32 Å². The van der Waals surface area contributed by atoms with Crippen LogP contribution in [0.3, 0.4) is 0 Å². The Bertz CT molecular complexity index is 944. The second-order valence-electron chi connectivity index (χ2n) is 5.83. The lowest BCUT2D eigenvalue weighted by Crippen LogP contribution is -2.16. The minimum absolute atomic E-state index is 0.0518. The van der Waals surface area contributed by atoms with Crippen molar-refractivity contribution in [3.05, 3.63) is 71.9 Å². The second kappa shape index (κ2) is 7.53. The number of carbonyl (C=O) groups excluding carboxylic acids is 1. The van der Waals surface area contributed by atoms with Crippen LogP contribution in [0.25, 0.3) is 11.3 Å². The summed E-state index contributed by atoms with van der Waals surface area (Å²) >= 11 is 0. The molecule has 0 aliphatic rings. The predicted octanol–water partition coefficient (Wildman–Crippen LogP) is 4.11. The number of aromatic nitrogens is 3. The number of nitrogens with zero attached hydrogens (tertiary/aromatic N) is 3. The first-order valence-corrected chi connectivity index (χ1v) is 8.02. The highest BCUT2D eigenvalue weighted by atomic mass is 19.4. The Morgan fingerprint density at radius 2 is 1.85 bits per heavy atom. The van der Waals surface area contributed by atoms with Gasteiger partial charge in [-0.05, 0) is 29.3 Å². The smallest absolute Gasteiger partial charge is 0.326 e. The fraction of sp³-hybridized carbons (Fsp3) is 0.158. The van der Waals surface area contributed by atoms with Crippen LogP contribution >= 0.6 is 0 Å². The highest BCUT2D eigenvalue weighted by Crippen LogP contribution is 2.42. The first kappa shape index (κ1) is 18.5. The van der Waals surface area contributed by atoms with Gasteiger partial charge in [-0.3, -0.25) is 9.78 Å².